The molecule has 0 saturated heterocycles. The lowest BCUT2D eigenvalue weighted by molar-refractivity contribution is 0.232. The second kappa shape index (κ2) is 4.58. The summed E-state index contributed by atoms with van der Waals surface area (Å²) in [5.41, 5.74) is 0. The summed E-state index contributed by atoms with van der Waals surface area (Å²) in [5.74, 6) is 1.97. The Kier molecular flexibility index (Phi) is 3.68. The van der Waals surface area contributed by atoms with E-state index in [1.54, 1.807) is 0 Å². The zero-order valence-corrected chi connectivity index (χ0v) is 7.68. The van der Waals surface area contributed by atoms with Crippen molar-refractivity contribution in [2.45, 2.75) is 45.4 Å². The van der Waals surface area contributed by atoms with Gasteiger partial charge in [-0.1, -0.05) is 38.7 Å². The molecule has 2 unspecified atom stereocenters. The van der Waals surface area contributed by atoms with E-state index in [-0.39, 0.29) is 0 Å². The van der Waals surface area contributed by atoms with E-state index in [0.29, 0.717) is 0 Å². The molecule has 0 heteroatoms. The molecule has 1 saturated carbocycles. The molecule has 0 N–H and O–H groups in total. The van der Waals surface area contributed by atoms with E-state index in [1.165, 1.54) is 38.5 Å². The van der Waals surface area contributed by atoms with Crippen LogP contribution < -0.4 is 0 Å². The van der Waals surface area contributed by atoms with Gasteiger partial charge in [-0.15, -0.1) is 6.58 Å². The van der Waals surface area contributed by atoms with Gasteiger partial charge in [0.15, 0.2) is 0 Å². The maximum absolute atomic E-state index is 3.82. The van der Waals surface area contributed by atoms with Crippen molar-refractivity contribution in [2.75, 3.05) is 0 Å². The van der Waals surface area contributed by atoms with Crippen molar-refractivity contribution in [1.29, 1.82) is 0 Å². The molecule has 1 aliphatic rings. The highest BCUT2D eigenvalue weighted by atomic mass is 14.3. The van der Waals surface area contributed by atoms with Crippen LogP contribution in [0.15, 0.2) is 12.7 Å². The molecular weight excluding hydrogens is 132 g/mol. The SMILES string of the molecule is C=CCC1CCCCC1CC. The predicted molar refractivity (Wildman–Crippen MR) is 50.6 cm³/mol. The Morgan fingerprint density at radius 2 is 1.91 bits per heavy atom. The van der Waals surface area contributed by atoms with Gasteiger partial charge in [0.1, 0.15) is 0 Å². The summed E-state index contributed by atoms with van der Waals surface area (Å²) in [6.07, 6.45) is 10.6. The molecule has 1 rings (SSSR count). The molecule has 0 aromatic carbocycles. The maximum atomic E-state index is 3.82. The van der Waals surface area contributed by atoms with Crippen molar-refractivity contribution in [3.05, 3.63) is 12.7 Å². The number of allylic oxidation sites excluding steroid dienone is 1. The lowest BCUT2D eigenvalue weighted by Crippen LogP contribution is -2.17. The van der Waals surface area contributed by atoms with Crippen LogP contribution >= 0.6 is 0 Å². The van der Waals surface area contributed by atoms with Gasteiger partial charge in [0.05, 0.1) is 0 Å². The first kappa shape index (κ1) is 8.83. The summed E-state index contributed by atoms with van der Waals surface area (Å²) in [6.45, 7) is 6.15. The fraction of sp³-hybridized carbons (Fsp3) is 0.818. The lowest BCUT2D eigenvalue weighted by atomic mass is 9.76. The first-order valence-electron chi connectivity index (χ1n) is 4.99. The molecule has 0 spiro atoms. The minimum absolute atomic E-state index is 0.964. The second-order valence-electron chi connectivity index (χ2n) is 3.74. The van der Waals surface area contributed by atoms with Gasteiger partial charge in [0.2, 0.25) is 0 Å². The second-order valence-corrected chi connectivity index (χ2v) is 3.74. The summed E-state index contributed by atoms with van der Waals surface area (Å²) >= 11 is 0. The molecule has 0 heterocycles. The van der Waals surface area contributed by atoms with Gasteiger partial charge in [-0.3, -0.25) is 0 Å². The monoisotopic (exact) mass is 152 g/mol. The van der Waals surface area contributed by atoms with Gasteiger partial charge in [-0.05, 0) is 24.7 Å². The van der Waals surface area contributed by atoms with E-state index in [0.717, 1.165) is 11.8 Å². The molecule has 0 aromatic heterocycles. The Bertz CT molecular complexity index is 115. The summed E-state index contributed by atoms with van der Waals surface area (Å²) in [5, 5.41) is 0. The van der Waals surface area contributed by atoms with Gasteiger partial charge < -0.3 is 0 Å². The third kappa shape index (κ3) is 2.36. The van der Waals surface area contributed by atoms with Crippen LogP contribution in [0.5, 0.6) is 0 Å². The van der Waals surface area contributed by atoms with Gasteiger partial charge in [-0.25, -0.2) is 0 Å². The van der Waals surface area contributed by atoms with Gasteiger partial charge >= 0.3 is 0 Å². The molecule has 0 nitrogen and oxygen atoms in total. The average molecular weight is 152 g/mol. The molecule has 64 valence electrons. The third-order valence-electron chi connectivity index (χ3n) is 3.06. The van der Waals surface area contributed by atoms with Crippen LogP contribution in [0.1, 0.15) is 45.4 Å². The normalized spacial score (nSPS) is 31.7. The van der Waals surface area contributed by atoms with Crippen molar-refractivity contribution < 1.29 is 0 Å². The predicted octanol–water partition coefficient (Wildman–Crippen LogP) is 3.78. The third-order valence-corrected chi connectivity index (χ3v) is 3.06. The minimum atomic E-state index is 0.964. The number of hydrogen-bond donors (Lipinski definition) is 0. The Labute approximate surface area is 70.7 Å². The Balaban J connectivity index is 2.37. The number of hydrogen-bond acceptors (Lipinski definition) is 0. The molecule has 0 aliphatic heterocycles. The summed E-state index contributed by atoms with van der Waals surface area (Å²) in [7, 11) is 0. The van der Waals surface area contributed by atoms with Crippen molar-refractivity contribution in [1.82, 2.24) is 0 Å². The fourth-order valence-electron chi connectivity index (χ4n) is 2.35. The molecule has 0 aromatic rings. The zero-order valence-electron chi connectivity index (χ0n) is 7.68. The first-order valence-corrected chi connectivity index (χ1v) is 4.99. The quantitative estimate of drug-likeness (QED) is 0.540. The summed E-state index contributed by atoms with van der Waals surface area (Å²) in [4.78, 5) is 0. The van der Waals surface area contributed by atoms with Crippen molar-refractivity contribution in [2.24, 2.45) is 11.8 Å². The Hall–Kier alpha value is -0.260. The van der Waals surface area contributed by atoms with Crippen LogP contribution in [-0.2, 0) is 0 Å². The van der Waals surface area contributed by atoms with E-state index in [1.807, 2.05) is 0 Å². The highest BCUT2D eigenvalue weighted by molar-refractivity contribution is 4.80. The first-order chi connectivity index (χ1) is 5.38. The van der Waals surface area contributed by atoms with Gasteiger partial charge in [0, 0.05) is 0 Å². The van der Waals surface area contributed by atoms with E-state index in [4.69, 9.17) is 0 Å². The van der Waals surface area contributed by atoms with Crippen molar-refractivity contribution >= 4 is 0 Å². The standard InChI is InChI=1S/C11H20/c1-3-7-11-9-6-5-8-10(11)4-2/h3,10-11H,1,4-9H2,2H3. The molecule has 2 atom stereocenters. The van der Waals surface area contributed by atoms with E-state index >= 15 is 0 Å². The summed E-state index contributed by atoms with van der Waals surface area (Å²) < 4.78 is 0. The highest BCUT2D eigenvalue weighted by Gasteiger charge is 2.21. The van der Waals surface area contributed by atoms with Crippen molar-refractivity contribution in [3.63, 3.8) is 0 Å². The van der Waals surface area contributed by atoms with Crippen LogP contribution in [0, 0.1) is 11.8 Å². The molecule has 0 radical (unpaired) electrons. The molecule has 1 fully saturated rings. The van der Waals surface area contributed by atoms with Crippen LogP contribution in [-0.4, -0.2) is 0 Å². The number of rotatable bonds is 3. The molecule has 11 heavy (non-hydrogen) atoms. The summed E-state index contributed by atoms with van der Waals surface area (Å²) in [6, 6.07) is 0. The lowest BCUT2D eigenvalue weighted by Gasteiger charge is -2.29. The van der Waals surface area contributed by atoms with E-state index in [2.05, 4.69) is 19.6 Å². The molecule has 0 amide bonds. The van der Waals surface area contributed by atoms with Gasteiger partial charge in [0.25, 0.3) is 0 Å². The van der Waals surface area contributed by atoms with E-state index < -0.39 is 0 Å². The molecule has 1 aliphatic carbocycles. The molecular formula is C11H20. The smallest absolute Gasteiger partial charge is 0.0322 e. The highest BCUT2D eigenvalue weighted by Crippen LogP contribution is 2.34. The van der Waals surface area contributed by atoms with Crippen molar-refractivity contribution in [3.8, 4) is 0 Å². The van der Waals surface area contributed by atoms with Crippen LogP contribution in [0.4, 0.5) is 0 Å². The minimum Gasteiger partial charge on any atom is -0.103 e. The largest absolute Gasteiger partial charge is 0.103 e. The van der Waals surface area contributed by atoms with Crippen LogP contribution in [0.2, 0.25) is 0 Å². The fourth-order valence-corrected chi connectivity index (χ4v) is 2.35. The van der Waals surface area contributed by atoms with E-state index in [9.17, 15) is 0 Å². The Morgan fingerprint density at radius 3 is 2.45 bits per heavy atom. The van der Waals surface area contributed by atoms with Crippen LogP contribution in [0.25, 0.3) is 0 Å². The van der Waals surface area contributed by atoms with Gasteiger partial charge in [-0.2, -0.15) is 0 Å². The molecule has 0 bridgehead atoms. The average Bonchev–Trinajstić information content (AvgIpc) is 2.06. The zero-order chi connectivity index (χ0) is 8.10. The maximum Gasteiger partial charge on any atom is -0.0322 e. The Morgan fingerprint density at radius 1 is 1.27 bits per heavy atom. The van der Waals surface area contributed by atoms with Crippen LogP contribution in [0.3, 0.4) is 0 Å². The topological polar surface area (TPSA) is 0 Å².